The van der Waals surface area contributed by atoms with Crippen LogP contribution in [0.1, 0.15) is 28.3 Å². The second-order valence-corrected chi connectivity index (χ2v) is 7.45. The third-order valence-electron chi connectivity index (χ3n) is 4.64. The van der Waals surface area contributed by atoms with Gasteiger partial charge < -0.3 is 14.6 Å². The average Bonchev–Trinajstić information content (AvgIpc) is 3.38. The van der Waals surface area contributed by atoms with Crippen molar-refractivity contribution in [2.45, 2.75) is 19.5 Å². The normalized spacial score (nSPS) is 12.5. The van der Waals surface area contributed by atoms with Gasteiger partial charge in [-0.05, 0) is 30.5 Å². The average molecular weight is 396 g/mol. The molecule has 4 rings (SSSR count). The Balaban J connectivity index is 1.78. The minimum atomic E-state index is -0.309. The summed E-state index contributed by atoms with van der Waals surface area (Å²) in [6.07, 6.45) is 0. The van der Waals surface area contributed by atoms with Gasteiger partial charge in [0.15, 0.2) is 5.69 Å². The van der Waals surface area contributed by atoms with Crippen LogP contribution in [0.2, 0.25) is 0 Å². The number of amides is 1. The van der Waals surface area contributed by atoms with Gasteiger partial charge in [-0.3, -0.25) is 9.59 Å². The summed E-state index contributed by atoms with van der Waals surface area (Å²) in [5.74, 6) is -0.309. The fourth-order valence-electron chi connectivity index (χ4n) is 3.23. The van der Waals surface area contributed by atoms with Crippen molar-refractivity contribution in [3.8, 4) is 0 Å². The molecule has 8 heteroatoms. The van der Waals surface area contributed by atoms with Gasteiger partial charge >= 0.3 is 0 Å². The highest BCUT2D eigenvalue weighted by molar-refractivity contribution is 7.10. The summed E-state index contributed by atoms with van der Waals surface area (Å²) in [4.78, 5) is 26.8. The number of carbonyl (C=O) groups is 1. The Labute approximate surface area is 165 Å². The molecule has 0 saturated heterocycles. The number of fused-ring (bicyclic) bond motifs is 3. The molecule has 1 atom stereocenters. The van der Waals surface area contributed by atoms with Gasteiger partial charge in [-0.2, -0.15) is 5.10 Å². The molecule has 1 amide bonds. The molecular weight excluding hydrogens is 376 g/mol. The van der Waals surface area contributed by atoms with E-state index in [1.165, 1.54) is 0 Å². The molecule has 0 radical (unpaired) electrons. The summed E-state index contributed by atoms with van der Waals surface area (Å²) >= 11 is 1.58. The monoisotopic (exact) mass is 396 g/mol. The van der Waals surface area contributed by atoms with E-state index in [-0.39, 0.29) is 23.2 Å². The summed E-state index contributed by atoms with van der Waals surface area (Å²) in [6.45, 7) is 2.76. The van der Waals surface area contributed by atoms with Crippen LogP contribution in [0.4, 0.5) is 0 Å². The quantitative estimate of drug-likeness (QED) is 0.544. The number of para-hydroxylation sites is 2. The van der Waals surface area contributed by atoms with Crippen LogP contribution in [0.5, 0.6) is 0 Å². The number of nitrogens with zero attached hydrogens (tertiary/aromatic N) is 3. The predicted molar refractivity (Wildman–Crippen MR) is 109 cm³/mol. The molecule has 1 N–H and O–H groups in total. The van der Waals surface area contributed by atoms with Crippen LogP contribution in [-0.4, -0.2) is 33.8 Å². The van der Waals surface area contributed by atoms with Crippen LogP contribution in [0.25, 0.3) is 16.6 Å². The van der Waals surface area contributed by atoms with Gasteiger partial charge in [-0.1, -0.05) is 18.2 Å². The first-order valence-electron chi connectivity index (χ1n) is 8.94. The summed E-state index contributed by atoms with van der Waals surface area (Å²) in [5.41, 5.74) is 1.89. The third kappa shape index (κ3) is 3.21. The van der Waals surface area contributed by atoms with E-state index in [0.29, 0.717) is 18.7 Å². The van der Waals surface area contributed by atoms with E-state index in [0.717, 1.165) is 15.9 Å². The molecule has 1 aromatic carbocycles. The molecule has 0 bridgehead atoms. The van der Waals surface area contributed by atoms with Crippen molar-refractivity contribution in [2.75, 3.05) is 13.7 Å². The summed E-state index contributed by atoms with van der Waals surface area (Å²) in [6, 6.07) is 12.8. The Bertz CT molecular complexity index is 1190. The maximum atomic E-state index is 13.0. The van der Waals surface area contributed by atoms with Gasteiger partial charge in [0.1, 0.15) is 5.52 Å². The van der Waals surface area contributed by atoms with Crippen LogP contribution in [-0.2, 0) is 11.3 Å². The number of hydrogen-bond acceptors (Lipinski definition) is 5. The van der Waals surface area contributed by atoms with Gasteiger partial charge in [0, 0.05) is 24.6 Å². The number of hydrogen-bond donors (Lipinski definition) is 1. The van der Waals surface area contributed by atoms with E-state index in [1.807, 2.05) is 48.7 Å². The van der Waals surface area contributed by atoms with Gasteiger partial charge in [-0.15, -0.1) is 11.3 Å². The van der Waals surface area contributed by atoms with E-state index >= 15 is 0 Å². The zero-order chi connectivity index (χ0) is 19.7. The number of rotatable bonds is 6. The van der Waals surface area contributed by atoms with Gasteiger partial charge in [0.05, 0.1) is 23.7 Å². The first kappa shape index (κ1) is 18.4. The Hall–Kier alpha value is -2.97. The van der Waals surface area contributed by atoms with E-state index in [2.05, 4.69) is 10.4 Å². The van der Waals surface area contributed by atoms with Gasteiger partial charge in [-0.25, -0.2) is 4.52 Å². The summed E-state index contributed by atoms with van der Waals surface area (Å²) in [7, 11) is 1.60. The van der Waals surface area contributed by atoms with E-state index < -0.39 is 0 Å². The first-order chi connectivity index (χ1) is 13.6. The number of methoxy groups -OCH3 is 1. The van der Waals surface area contributed by atoms with E-state index in [1.54, 1.807) is 33.6 Å². The molecule has 4 aromatic rings. The molecule has 0 saturated carbocycles. The van der Waals surface area contributed by atoms with Gasteiger partial charge in [0.2, 0.25) is 0 Å². The highest BCUT2D eigenvalue weighted by atomic mass is 32.1. The topological polar surface area (TPSA) is 77.6 Å². The molecular formula is C20H20N4O3S. The molecule has 0 fully saturated rings. The van der Waals surface area contributed by atoms with Crippen LogP contribution >= 0.6 is 11.3 Å². The lowest BCUT2D eigenvalue weighted by molar-refractivity contribution is 0.0935. The molecule has 0 unspecified atom stereocenters. The van der Waals surface area contributed by atoms with Crippen LogP contribution in [0, 0.1) is 0 Å². The first-order valence-corrected chi connectivity index (χ1v) is 9.82. The lowest BCUT2D eigenvalue weighted by Gasteiger charge is -2.11. The van der Waals surface area contributed by atoms with Crippen molar-refractivity contribution in [2.24, 2.45) is 0 Å². The minimum Gasteiger partial charge on any atom is -0.383 e. The highest BCUT2D eigenvalue weighted by Crippen LogP contribution is 2.19. The predicted octanol–water partition coefficient (Wildman–Crippen LogP) is 2.85. The SMILES string of the molecule is COCCn1c(=O)c2cc(C(=O)N[C@H](C)c3cccs3)nn2c2ccccc21. The number of nitrogens with one attached hydrogen (secondary N) is 1. The molecule has 144 valence electrons. The molecule has 0 aliphatic rings. The number of aromatic nitrogens is 3. The molecule has 28 heavy (non-hydrogen) atoms. The van der Waals surface area contributed by atoms with E-state index in [9.17, 15) is 9.59 Å². The smallest absolute Gasteiger partial charge is 0.277 e. The lowest BCUT2D eigenvalue weighted by Crippen LogP contribution is -2.26. The molecule has 7 nitrogen and oxygen atoms in total. The largest absolute Gasteiger partial charge is 0.383 e. The lowest BCUT2D eigenvalue weighted by atomic mass is 10.2. The molecule has 0 spiro atoms. The third-order valence-corrected chi connectivity index (χ3v) is 5.70. The fraction of sp³-hybridized carbons (Fsp3) is 0.250. The molecule has 0 aliphatic heterocycles. The number of carbonyl (C=O) groups excluding carboxylic acids is 1. The van der Waals surface area contributed by atoms with Crippen molar-refractivity contribution in [1.82, 2.24) is 19.5 Å². The maximum absolute atomic E-state index is 13.0. The van der Waals surface area contributed by atoms with Crippen molar-refractivity contribution >= 4 is 33.8 Å². The second-order valence-electron chi connectivity index (χ2n) is 6.48. The Morgan fingerprint density at radius 1 is 1.21 bits per heavy atom. The molecule has 3 heterocycles. The standard InChI is InChI=1S/C20H20N4O3S/c1-13(18-8-5-11-28-18)21-19(25)14-12-17-20(26)23(9-10-27-2)15-6-3-4-7-16(15)24(17)22-14/h3-8,11-13H,9-10H2,1-2H3,(H,21,25)/t13-/m1/s1. The van der Waals surface area contributed by atoms with Crippen molar-refractivity contribution in [1.29, 1.82) is 0 Å². The minimum absolute atomic E-state index is 0.132. The summed E-state index contributed by atoms with van der Waals surface area (Å²) < 4.78 is 8.34. The van der Waals surface area contributed by atoms with Crippen LogP contribution in [0.15, 0.2) is 52.6 Å². The summed E-state index contributed by atoms with van der Waals surface area (Å²) in [5, 5.41) is 9.33. The second kappa shape index (κ2) is 7.57. The number of ether oxygens (including phenoxy) is 1. The Kier molecular flexibility index (Phi) is 4.97. The fourth-order valence-corrected chi connectivity index (χ4v) is 3.97. The number of thiophene rings is 1. The van der Waals surface area contributed by atoms with E-state index in [4.69, 9.17) is 4.74 Å². The molecule has 3 aromatic heterocycles. The van der Waals surface area contributed by atoms with Crippen LogP contribution in [0.3, 0.4) is 0 Å². The Morgan fingerprint density at radius 3 is 2.71 bits per heavy atom. The zero-order valence-electron chi connectivity index (χ0n) is 15.6. The molecule has 0 aliphatic carbocycles. The van der Waals surface area contributed by atoms with Crippen molar-refractivity contribution in [3.63, 3.8) is 0 Å². The van der Waals surface area contributed by atoms with Crippen molar-refractivity contribution < 1.29 is 9.53 Å². The maximum Gasteiger partial charge on any atom is 0.277 e. The van der Waals surface area contributed by atoms with Crippen LogP contribution < -0.4 is 10.9 Å². The van der Waals surface area contributed by atoms with Gasteiger partial charge in [0.25, 0.3) is 11.5 Å². The Morgan fingerprint density at radius 2 is 2.00 bits per heavy atom. The van der Waals surface area contributed by atoms with Crippen molar-refractivity contribution in [3.05, 3.63) is 68.8 Å². The number of benzene rings is 1. The zero-order valence-corrected chi connectivity index (χ0v) is 16.4. The highest BCUT2D eigenvalue weighted by Gasteiger charge is 2.19.